The maximum absolute atomic E-state index is 13.2. The van der Waals surface area contributed by atoms with Gasteiger partial charge in [0.2, 0.25) is 0 Å². The Balaban J connectivity index is 1.83. The Kier molecular flexibility index (Phi) is 7.28. The van der Waals surface area contributed by atoms with E-state index in [2.05, 4.69) is 10.5 Å². The molecule has 31 heavy (non-hydrogen) atoms. The van der Waals surface area contributed by atoms with E-state index in [1.807, 2.05) is 0 Å². The number of amides is 1. The zero-order valence-electron chi connectivity index (χ0n) is 16.6. The van der Waals surface area contributed by atoms with Gasteiger partial charge in [0.25, 0.3) is 15.9 Å². The second-order valence-electron chi connectivity index (χ2n) is 6.37. The van der Waals surface area contributed by atoms with Gasteiger partial charge in [-0.15, -0.1) is 0 Å². The molecule has 0 aliphatic carbocycles. The highest BCUT2D eigenvalue weighted by atomic mass is 35.5. The monoisotopic (exact) mass is 457 g/mol. The molecule has 0 atom stereocenters. The molecule has 7 nitrogen and oxygen atoms in total. The Morgan fingerprint density at radius 1 is 1.06 bits per heavy atom. The molecule has 0 bridgehead atoms. The van der Waals surface area contributed by atoms with Crippen molar-refractivity contribution in [3.8, 4) is 5.75 Å². The number of methoxy groups -OCH3 is 1. The number of carbonyl (C=O) groups is 1. The third kappa shape index (κ3) is 5.84. The molecule has 0 saturated carbocycles. The molecule has 0 radical (unpaired) electrons. The molecule has 160 valence electrons. The molecule has 0 fully saturated rings. The maximum Gasteiger partial charge on any atom is 0.264 e. The Bertz CT molecular complexity index is 1170. The van der Waals surface area contributed by atoms with Crippen LogP contribution in [0.3, 0.4) is 0 Å². The highest BCUT2D eigenvalue weighted by molar-refractivity contribution is 7.92. The van der Waals surface area contributed by atoms with Gasteiger partial charge in [-0.1, -0.05) is 41.9 Å². The molecule has 0 aliphatic rings. The highest BCUT2D eigenvalue weighted by Gasteiger charge is 2.27. The minimum Gasteiger partial charge on any atom is -0.497 e. The van der Waals surface area contributed by atoms with Crippen LogP contribution in [-0.4, -0.2) is 34.2 Å². The van der Waals surface area contributed by atoms with Crippen molar-refractivity contribution in [2.45, 2.75) is 4.90 Å². The average molecular weight is 458 g/mol. The summed E-state index contributed by atoms with van der Waals surface area (Å²) in [5.74, 6) is -0.0371. The van der Waals surface area contributed by atoms with Gasteiger partial charge in [-0.25, -0.2) is 13.8 Å². The lowest BCUT2D eigenvalue weighted by Crippen LogP contribution is -2.39. The summed E-state index contributed by atoms with van der Waals surface area (Å²) >= 11 is 5.92. The summed E-state index contributed by atoms with van der Waals surface area (Å²) in [7, 11) is -2.48. The van der Waals surface area contributed by atoms with Crippen LogP contribution in [0.1, 0.15) is 5.56 Å². The Labute approximate surface area is 186 Å². The summed E-state index contributed by atoms with van der Waals surface area (Å²) in [5, 5.41) is 4.42. The van der Waals surface area contributed by atoms with Gasteiger partial charge in [0.1, 0.15) is 12.3 Å². The molecule has 0 aromatic heterocycles. The Morgan fingerprint density at radius 3 is 2.42 bits per heavy atom. The van der Waals surface area contributed by atoms with Gasteiger partial charge in [-0.2, -0.15) is 5.10 Å². The normalized spacial score (nSPS) is 11.3. The minimum absolute atomic E-state index is 0.0704. The van der Waals surface area contributed by atoms with Gasteiger partial charge in [-0.05, 0) is 54.1 Å². The van der Waals surface area contributed by atoms with Crippen LogP contribution < -0.4 is 14.5 Å². The Hall–Kier alpha value is -3.36. The molecule has 0 heterocycles. The fourth-order valence-electron chi connectivity index (χ4n) is 2.71. The fourth-order valence-corrected chi connectivity index (χ4v) is 4.36. The van der Waals surface area contributed by atoms with Crippen LogP contribution in [0.4, 0.5) is 5.69 Å². The second-order valence-corrected chi connectivity index (χ2v) is 8.67. The van der Waals surface area contributed by atoms with E-state index >= 15 is 0 Å². The zero-order valence-corrected chi connectivity index (χ0v) is 18.2. The number of benzene rings is 3. The number of sulfonamides is 1. The van der Waals surface area contributed by atoms with Gasteiger partial charge in [0.05, 0.1) is 23.9 Å². The largest absolute Gasteiger partial charge is 0.497 e. The molecular formula is C22H20ClN3O4S. The van der Waals surface area contributed by atoms with E-state index in [-0.39, 0.29) is 4.90 Å². The molecule has 1 amide bonds. The number of halogens is 1. The third-order valence-electron chi connectivity index (χ3n) is 4.23. The molecule has 0 saturated heterocycles. The molecule has 0 aliphatic heterocycles. The van der Waals surface area contributed by atoms with E-state index < -0.39 is 22.5 Å². The molecular weight excluding hydrogens is 438 g/mol. The summed E-state index contributed by atoms with van der Waals surface area (Å²) < 4.78 is 32.6. The molecule has 0 spiro atoms. The second kappa shape index (κ2) is 10.1. The van der Waals surface area contributed by atoms with E-state index in [4.69, 9.17) is 16.3 Å². The van der Waals surface area contributed by atoms with Crippen LogP contribution in [-0.2, 0) is 14.8 Å². The lowest BCUT2D eigenvalue weighted by Gasteiger charge is -2.23. The first-order valence-electron chi connectivity index (χ1n) is 9.19. The van der Waals surface area contributed by atoms with Crippen LogP contribution in [0.5, 0.6) is 5.75 Å². The number of hydrazone groups is 1. The van der Waals surface area contributed by atoms with Crippen molar-refractivity contribution in [3.05, 3.63) is 89.4 Å². The summed E-state index contributed by atoms with van der Waals surface area (Å²) in [6, 6.07) is 21.2. The molecule has 9 heteroatoms. The standard InChI is InChI=1S/C22H20ClN3O4S/c1-30-20-12-10-19(11-13-20)26(31(28,29)21-8-3-2-4-9-21)16-22(27)25-24-15-17-6-5-7-18(23)14-17/h2-15H,16H2,1H3,(H,25,27). The minimum atomic E-state index is -3.99. The predicted molar refractivity (Wildman–Crippen MR) is 121 cm³/mol. The smallest absolute Gasteiger partial charge is 0.264 e. The van der Waals surface area contributed by atoms with Gasteiger partial charge in [0.15, 0.2) is 0 Å². The van der Waals surface area contributed by atoms with E-state index in [9.17, 15) is 13.2 Å². The summed E-state index contributed by atoms with van der Waals surface area (Å²) in [5.41, 5.74) is 3.36. The van der Waals surface area contributed by atoms with Crippen molar-refractivity contribution >= 4 is 39.4 Å². The molecule has 3 aromatic rings. The van der Waals surface area contributed by atoms with Gasteiger partial charge in [0, 0.05) is 5.02 Å². The van der Waals surface area contributed by atoms with Crippen LogP contribution >= 0.6 is 11.6 Å². The van der Waals surface area contributed by atoms with Crippen molar-refractivity contribution in [2.24, 2.45) is 5.10 Å². The molecule has 3 rings (SSSR count). The number of carbonyl (C=O) groups excluding carboxylic acids is 1. The van der Waals surface area contributed by atoms with Crippen molar-refractivity contribution in [2.75, 3.05) is 18.0 Å². The van der Waals surface area contributed by atoms with Gasteiger partial charge < -0.3 is 4.74 Å². The Morgan fingerprint density at radius 2 is 1.77 bits per heavy atom. The number of hydrogen-bond acceptors (Lipinski definition) is 5. The van der Waals surface area contributed by atoms with E-state index in [0.29, 0.717) is 22.0 Å². The molecule has 3 aromatic carbocycles. The quantitative estimate of drug-likeness (QED) is 0.412. The van der Waals surface area contributed by atoms with Crippen LogP contribution in [0.25, 0.3) is 0 Å². The van der Waals surface area contributed by atoms with E-state index in [0.717, 1.165) is 4.31 Å². The van der Waals surface area contributed by atoms with Crippen molar-refractivity contribution < 1.29 is 17.9 Å². The first-order chi connectivity index (χ1) is 14.9. The lowest BCUT2D eigenvalue weighted by molar-refractivity contribution is -0.119. The van der Waals surface area contributed by atoms with E-state index in [1.54, 1.807) is 66.7 Å². The van der Waals surface area contributed by atoms with Crippen LogP contribution in [0, 0.1) is 0 Å². The zero-order chi connectivity index (χ0) is 22.3. The summed E-state index contributed by atoms with van der Waals surface area (Å²) in [6.45, 7) is -0.462. The SMILES string of the molecule is COc1ccc(N(CC(=O)NN=Cc2cccc(Cl)c2)S(=O)(=O)c2ccccc2)cc1. The molecule has 0 unspecified atom stereocenters. The molecule has 1 N–H and O–H groups in total. The van der Waals surface area contributed by atoms with Gasteiger partial charge in [-0.3, -0.25) is 9.10 Å². The highest BCUT2D eigenvalue weighted by Crippen LogP contribution is 2.25. The van der Waals surface area contributed by atoms with Crippen LogP contribution in [0.15, 0.2) is 88.9 Å². The number of ether oxygens (including phenoxy) is 1. The van der Waals surface area contributed by atoms with E-state index in [1.165, 1.54) is 25.5 Å². The first-order valence-corrected chi connectivity index (χ1v) is 11.0. The van der Waals surface area contributed by atoms with Crippen molar-refractivity contribution in [1.82, 2.24) is 5.43 Å². The van der Waals surface area contributed by atoms with Crippen molar-refractivity contribution in [3.63, 3.8) is 0 Å². The number of anilines is 1. The van der Waals surface area contributed by atoms with Crippen LogP contribution in [0.2, 0.25) is 5.02 Å². The maximum atomic E-state index is 13.2. The average Bonchev–Trinajstić information content (AvgIpc) is 2.78. The lowest BCUT2D eigenvalue weighted by atomic mass is 10.2. The number of nitrogens with zero attached hydrogens (tertiary/aromatic N) is 2. The van der Waals surface area contributed by atoms with Crippen molar-refractivity contribution in [1.29, 1.82) is 0 Å². The number of rotatable bonds is 8. The number of hydrogen-bond donors (Lipinski definition) is 1. The summed E-state index contributed by atoms with van der Waals surface area (Å²) in [4.78, 5) is 12.6. The van der Waals surface area contributed by atoms with Gasteiger partial charge >= 0.3 is 0 Å². The number of nitrogens with one attached hydrogen (secondary N) is 1. The topological polar surface area (TPSA) is 88.1 Å². The fraction of sp³-hybridized carbons (Fsp3) is 0.0909. The predicted octanol–water partition coefficient (Wildman–Crippen LogP) is 3.69. The third-order valence-corrected chi connectivity index (χ3v) is 6.25. The summed E-state index contributed by atoms with van der Waals surface area (Å²) in [6.07, 6.45) is 1.42. The first kappa shape index (κ1) is 22.3.